The van der Waals surface area contributed by atoms with Crippen LogP contribution in [0.25, 0.3) is 0 Å². The SMILES string of the molecule is CCCCCc1cc(CCCCC)cc(OCCCS(=O)(=O)[O-])c1.[Na+]. The fraction of sp³-hybridized carbons (Fsp3) is 0.684. The van der Waals surface area contributed by atoms with E-state index in [4.69, 9.17) is 4.74 Å². The molecule has 0 radical (unpaired) electrons. The van der Waals surface area contributed by atoms with Crippen molar-refractivity contribution in [2.24, 2.45) is 0 Å². The number of benzene rings is 1. The number of hydrogen-bond donors (Lipinski definition) is 0. The summed E-state index contributed by atoms with van der Waals surface area (Å²) in [6.07, 6.45) is 9.49. The third-order valence-electron chi connectivity index (χ3n) is 3.97. The minimum absolute atomic E-state index is 0. The summed E-state index contributed by atoms with van der Waals surface area (Å²) in [5, 5.41) is 0. The van der Waals surface area contributed by atoms with Gasteiger partial charge in [-0.1, -0.05) is 45.6 Å². The van der Waals surface area contributed by atoms with Crippen LogP contribution in [0.2, 0.25) is 0 Å². The molecule has 138 valence electrons. The van der Waals surface area contributed by atoms with Crippen LogP contribution in [0.1, 0.15) is 69.9 Å². The van der Waals surface area contributed by atoms with E-state index in [1.165, 1.54) is 49.7 Å². The van der Waals surface area contributed by atoms with E-state index in [-0.39, 0.29) is 48.3 Å². The molecule has 0 aliphatic carbocycles. The zero-order chi connectivity index (χ0) is 17.8. The van der Waals surface area contributed by atoms with E-state index in [9.17, 15) is 13.0 Å². The average Bonchev–Trinajstić information content (AvgIpc) is 2.51. The molecule has 0 fully saturated rings. The van der Waals surface area contributed by atoms with Gasteiger partial charge in [-0.15, -0.1) is 0 Å². The molecule has 0 saturated carbocycles. The number of rotatable bonds is 13. The van der Waals surface area contributed by atoms with Crippen LogP contribution in [0, 0.1) is 0 Å². The minimum Gasteiger partial charge on any atom is -0.748 e. The van der Waals surface area contributed by atoms with E-state index in [0.29, 0.717) is 0 Å². The Hall–Kier alpha value is -0.0700. The molecule has 0 atom stereocenters. The molecule has 0 unspecified atom stereocenters. The van der Waals surface area contributed by atoms with Crippen molar-refractivity contribution in [1.82, 2.24) is 0 Å². The van der Waals surface area contributed by atoms with Crippen molar-refractivity contribution in [1.29, 1.82) is 0 Å². The molecule has 1 aromatic carbocycles. The van der Waals surface area contributed by atoms with Gasteiger partial charge in [-0.3, -0.25) is 0 Å². The van der Waals surface area contributed by atoms with E-state index in [1.54, 1.807) is 0 Å². The van der Waals surface area contributed by atoms with Crippen molar-refractivity contribution >= 4 is 10.1 Å². The van der Waals surface area contributed by atoms with Gasteiger partial charge in [0.25, 0.3) is 0 Å². The molecule has 0 spiro atoms. The van der Waals surface area contributed by atoms with Crippen LogP contribution < -0.4 is 34.3 Å². The van der Waals surface area contributed by atoms with Gasteiger partial charge in [-0.25, -0.2) is 8.42 Å². The summed E-state index contributed by atoms with van der Waals surface area (Å²) in [7, 11) is -4.15. The molecule has 0 saturated heterocycles. The fourth-order valence-corrected chi connectivity index (χ4v) is 3.16. The second-order valence-corrected chi connectivity index (χ2v) is 7.89. The maximum absolute atomic E-state index is 10.6. The largest absolute Gasteiger partial charge is 1.00 e. The normalized spacial score (nSPS) is 11.2. The molecule has 1 rings (SSSR count). The molecule has 25 heavy (non-hydrogen) atoms. The predicted molar refractivity (Wildman–Crippen MR) is 97.6 cm³/mol. The second-order valence-electron chi connectivity index (χ2n) is 6.36. The molecule has 0 aliphatic heterocycles. The Morgan fingerprint density at radius 1 is 0.880 bits per heavy atom. The van der Waals surface area contributed by atoms with Crippen molar-refractivity contribution in [3.8, 4) is 5.75 Å². The number of aryl methyl sites for hydroxylation is 2. The van der Waals surface area contributed by atoms with Gasteiger partial charge in [0.2, 0.25) is 0 Å². The van der Waals surface area contributed by atoms with Crippen molar-refractivity contribution in [2.75, 3.05) is 12.4 Å². The molecule has 4 nitrogen and oxygen atoms in total. The standard InChI is InChI=1S/C19H32O4S.Na/c1-3-5-7-10-17-14-18(11-8-6-4-2)16-19(15-17)23-12-9-13-24(20,21)22;/h14-16H,3-13H2,1-2H3,(H,20,21,22);/q;+1/p-1. The van der Waals surface area contributed by atoms with E-state index < -0.39 is 10.1 Å². The molecule has 1 aromatic rings. The Kier molecular flexibility index (Phi) is 14.0. The Balaban J connectivity index is 0.00000576. The second kappa shape index (κ2) is 14.0. The monoisotopic (exact) mass is 378 g/mol. The van der Waals surface area contributed by atoms with Crippen LogP contribution in [0.4, 0.5) is 0 Å². The number of unbranched alkanes of at least 4 members (excludes halogenated alkanes) is 4. The van der Waals surface area contributed by atoms with Crippen LogP contribution in [0.3, 0.4) is 0 Å². The van der Waals surface area contributed by atoms with Gasteiger partial charge < -0.3 is 9.29 Å². The molecule has 0 aliphatic rings. The van der Waals surface area contributed by atoms with Crippen LogP contribution in [0.15, 0.2) is 18.2 Å². The van der Waals surface area contributed by atoms with Gasteiger partial charge in [-0.05, 0) is 55.4 Å². The van der Waals surface area contributed by atoms with Crippen molar-refractivity contribution in [2.45, 2.75) is 71.6 Å². The zero-order valence-corrected chi connectivity index (χ0v) is 18.9. The Labute approximate surface area is 175 Å². The first-order chi connectivity index (χ1) is 11.4. The van der Waals surface area contributed by atoms with E-state index in [0.717, 1.165) is 18.6 Å². The Bertz CT molecular complexity index is 545. The minimum atomic E-state index is -4.15. The topological polar surface area (TPSA) is 66.4 Å². The molecule has 0 heterocycles. The van der Waals surface area contributed by atoms with Crippen LogP contribution >= 0.6 is 0 Å². The summed E-state index contributed by atoms with van der Waals surface area (Å²) in [6, 6.07) is 6.36. The molecule has 6 heteroatoms. The summed E-state index contributed by atoms with van der Waals surface area (Å²) in [5.74, 6) is 0.422. The molecule has 0 amide bonds. The molecule has 0 bridgehead atoms. The van der Waals surface area contributed by atoms with Gasteiger partial charge in [0, 0.05) is 5.75 Å². The molecular weight excluding hydrogens is 347 g/mol. The molecular formula is C19H31NaO4S. The maximum atomic E-state index is 10.6. The van der Waals surface area contributed by atoms with Gasteiger partial charge >= 0.3 is 29.6 Å². The van der Waals surface area contributed by atoms with E-state index in [1.807, 2.05) is 12.1 Å². The first-order valence-electron chi connectivity index (χ1n) is 9.13. The smallest absolute Gasteiger partial charge is 0.748 e. The first-order valence-corrected chi connectivity index (χ1v) is 10.7. The summed E-state index contributed by atoms with van der Waals surface area (Å²) < 4.78 is 37.6. The van der Waals surface area contributed by atoms with Crippen molar-refractivity contribution in [3.63, 3.8) is 0 Å². The van der Waals surface area contributed by atoms with Gasteiger partial charge in [-0.2, -0.15) is 0 Å². The van der Waals surface area contributed by atoms with Crippen LogP contribution in [0.5, 0.6) is 5.75 Å². The quantitative estimate of drug-likeness (QED) is 0.296. The fourth-order valence-electron chi connectivity index (χ4n) is 2.68. The zero-order valence-electron chi connectivity index (χ0n) is 16.1. The number of ether oxygens (including phenoxy) is 1. The summed E-state index contributed by atoms with van der Waals surface area (Å²) in [6.45, 7) is 4.65. The third kappa shape index (κ3) is 12.8. The molecule has 0 aromatic heterocycles. The van der Waals surface area contributed by atoms with Crippen molar-refractivity contribution in [3.05, 3.63) is 29.3 Å². The third-order valence-corrected chi connectivity index (χ3v) is 4.76. The predicted octanol–water partition coefficient (Wildman–Crippen LogP) is 1.47. The Morgan fingerprint density at radius 2 is 1.40 bits per heavy atom. The van der Waals surface area contributed by atoms with Gasteiger partial charge in [0.15, 0.2) is 0 Å². The van der Waals surface area contributed by atoms with Gasteiger partial charge in [0.05, 0.1) is 16.7 Å². The van der Waals surface area contributed by atoms with Crippen LogP contribution in [-0.2, 0) is 23.0 Å². The number of hydrogen-bond acceptors (Lipinski definition) is 4. The van der Waals surface area contributed by atoms with E-state index in [2.05, 4.69) is 19.9 Å². The van der Waals surface area contributed by atoms with E-state index >= 15 is 0 Å². The average molecular weight is 379 g/mol. The summed E-state index contributed by atoms with van der Waals surface area (Å²) in [5.41, 5.74) is 2.56. The summed E-state index contributed by atoms with van der Waals surface area (Å²) in [4.78, 5) is 0. The maximum Gasteiger partial charge on any atom is 1.00 e. The summed E-state index contributed by atoms with van der Waals surface area (Å²) >= 11 is 0. The Morgan fingerprint density at radius 3 is 1.84 bits per heavy atom. The van der Waals surface area contributed by atoms with Crippen molar-refractivity contribution < 1.29 is 47.3 Å². The van der Waals surface area contributed by atoms with Gasteiger partial charge in [0.1, 0.15) is 5.75 Å². The first kappa shape index (κ1) is 24.9. The molecule has 0 N–H and O–H groups in total. The van der Waals surface area contributed by atoms with Crippen LogP contribution in [-0.4, -0.2) is 25.3 Å².